The van der Waals surface area contributed by atoms with E-state index in [2.05, 4.69) is 49.6 Å². The van der Waals surface area contributed by atoms with Crippen molar-refractivity contribution in [3.8, 4) is 0 Å². The van der Waals surface area contributed by atoms with Crippen molar-refractivity contribution in [1.29, 1.82) is 0 Å². The summed E-state index contributed by atoms with van der Waals surface area (Å²) in [5, 5.41) is 1.23. The first-order chi connectivity index (χ1) is 11.8. The highest BCUT2D eigenvalue weighted by Crippen LogP contribution is 2.33. The lowest BCUT2D eigenvalue weighted by Crippen LogP contribution is -2.09. The van der Waals surface area contributed by atoms with Crippen LogP contribution in [0.15, 0.2) is 52.0 Å². The van der Waals surface area contributed by atoms with E-state index in [4.69, 9.17) is 4.42 Å². The lowest BCUT2D eigenvalue weighted by molar-refractivity contribution is 0.607. The van der Waals surface area contributed by atoms with Gasteiger partial charge in [-0.3, -0.25) is 0 Å². The molecule has 1 heterocycles. The quantitative estimate of drug-likeness (QED) is 0.513. The van der Waals surface area contributed by atoms with E-state index < -0.39 is 0 Å². The summed E-state index contributed by atoms with van der Waals surface area (Å²) in [7, 11) is 0. The van der Waals surface area contributed by atoms with Crippen molar-refractivity contribution in [2.24, 2.45) is 0 Å². The fourth-order valence-electron chi connectivity index (χ4n) is 4.07. The molecule has 0 radical (unpaired) electrons. The lowest BCUT2D eigenvalue weighted by atomic mass is 9.82. The molecule has 4 rings (SSSR count). The Bertz CT molecular complexity index is 862. The molecule has 0 fully saturated rings. The fourth-order valence-corrected chi connectivity index (χ4v) is 4.60. The smallest absolute Gasteiger partial charge is 0.135 e. The summed E-state index contributed by atoms with van der Waals surface area (Å²) in [5.41, 5.74) is 7.14. The van der Waals surface area contributed by atoms with Crippen molar-refractivity contribution in [2.75, 3.05) is 6.26 Å². The zero-order chi connectivity index (χ0) is 16.5. The first kappa shape index (κ1) is 15.8. The van der Waals surface area contributed by atoms with Crippen molar-refractivity contribution >= 4 is 22.7 Å². The van der Waals surface area contributed by atoms with Gasteiger partial charge in [0.05, 0.1) is 4.90 Å². The number of furan rings is 1. The molecule has 0 aliphatic heterocycles. The molecule has 0 N–H and O–H groups in total. The second kappa shape index (κ2) is 6.68. The van der Waals surface area contributed by atoms with Gasteiger partial charge in [0.15, 0.2) is 0 Å². The van der Waals surface area contributed by atoms with Crippen LogP contribution in [0.4, 0.5) is 0 Å². The molecule has 1 aromatic heterocycles. The third-order valence-electron chi connectivity index (χ3n) is 5.33. The Morgan fingerprint density at radius 3 is 2.88 bits per heavy atom. The Morgan fingerprint density at radius 1 is 1.12 bits per heavy atom. The summed E-state index contributed by atoms with van der Waals surface area (Å²) >= 11 is 1.74. The number of aryl methyl sites for hydroxylation is 1. The van der Waals surface area contributed by atoms with Gasteiger partial charge in [0.2, 0.25) is 0 Å². The van der Waals surface area contributed by atoms with Gasteiger partial charge in [-0.15, -0.1) is 11.8 Å². The maximum atomic E-state index is 5.74. The molecule has 1 nitrogen and oxygen atoms in total. The van der Waals surface area contributed by atoms with Gasteiger partial charge in [-0.05, 0) is 78.7 Å². The molecule has 1 unspecified atom stereocenters. The Hall–Kier alpha value is -1.67. The summed E-state index contributed by atoms with van der Waals surface area (Å²) < 4.78 is 5.74. The van der Waals surface area contributed by atoms with E-state index >= 15 is 0 Å². The molecular formula is C22H24OS. The van der Waals surface area contributed by atoms with Crippen LogP contribution >= 0.6 is 11.8 Å². The highest BCUT2D eigenvalue weighted by molar-refractivity contribution is 7.98. The van der Waals surface area contributed by atoms with Crippen molar-refractivity contribution < 1.29 is 4.42 Å². The Kier molecular flexibility index (Phi) is 4.41. The van der Waals surface area contributed by atoms with Crippen LogP contribution in [0.2, 0.25) is 0 Å². The number of hydrogen-bond donors (Lipinski definition) is 0. The van der Waals surface area contributed by atoms with Crippen LogP contribution in [0.3, 0.4) is 0 Å². The zero-order valence-corrected chi connectivity index (χ0v) is 15.3. The maximum absolute atomic E-state index is 5.74. The molecule has 0 saturated heterocycles. The van der Waals surface area contributed by atoms with Crippen molar-refractivity contribution in [3.05, 3.63) is 64.9 Å². The maximum Gasteiger partial charge on any atom is 0.135 e. The zero-order valence-electron chi connectivity index (χ0n) is 14.5. The summed E-state index contributed by atoms with van der Waals surface area (Å²) in [6.07, 6.45) is 10.2. The first-order valence-corrected chi connectivity index (χ1v) is 10.1. The molecule has 0 bridgehead atoms. The average molecular weight is 337 g/mol. The van der Waals surface area contributed by atoms with Crippen LogP contribution in [0.1, 0.15) is 47.9 Å². The number of rotatable bonds is 4. The van der Waals surface area contributed by atoms with E-state index in [0.29, 0.717) is 5.92 Å². The van der Waals surface area contributed by atoms with Gasteiger partial charge in [0, 0.05) is 5.39 Å². The lowest BCUT2D eigenvalue weighted by Gasteiger charge is -2.23. The van der Waals surface area contributed by atoms with Crippen LogP contribution in [-0.4, -0.2) is 6.26 Å². The molecule has 3 aromatic rings. The molecule has 1 aliphatic rings. The Labute approximate surface area is 148 Å². The Morgan fingerprint density at radius 2 is 2.00 bits per heavy atom. The van der Waals surface area contributed by atoms with Gasteiger partial charge < -0.3 is 4.42 Å². The predicted octanol–water partition coefficient (Wildman–Crippen LogP) is 6.38. The third kappa shape index (κ3) is 2.88. The minimum atomic E-state index is 0.547. The highest BCUT2D eigenvalue weighted by Gasteiger charge is 2.17. The number of benzene rings is 2. The number of hydrogen-bond acceptors (Lipinski definition) is 2. The molecule has 124 valence electrons. The summed E-state index contributed by atoms with van der Waals surface area (Å²) in [5.74, 6) is 0.547. The van der Waals surface area contributed by atoms with Gasteiger partial charge in [-0.2, -0.15) is 0 Å². The van der Waals surface area contributed by atoms with E-state index in [1.165, 1.54) is 41.5 Å². The molecule has 1 aliphatic carbocycles. The van der Waals surface area contributed by atoms with Gasteiger partial charge in [0.1, 0.15) is 11.8 Å². The second-order valence-electron chi connectivity index (χ2n) is 6.93. The van der Waals surface area contributed by atoms with Crippen LogP contribution in [0.5, 0.6) is 0 Å². The summed E-state index contributed by atoms with van der Waals surface area (Å²) in [6, 6.07) is 13.6. The largest absolute Gasteiger partial charge is 0.463 e. The predicted molar refractivity (Wildman–Crippen MR) is 103 cm³/mol. The third-order valence-corrected chi connectivity index (χ3v) is 6.09. The molecule has 2 aromatic carbocycles. The molecule has 1 atom stereocenters. The number of fused-ring (bicyclic) bond motifs is 2. The SMILES string of the molecule is CSc1coc2cc(CC(C)c3cccc4c3CCCC4)ccc12. The fraction of sp³-hybridized carbons (Fsp3) is 0.364. The monoisotopic (exact) mass is 336 g/mol. The van der Waals surface area contributed by atoms with E-state index in [1.54, 1.807) is 28.5 Å². The highest BCUT2D eigenvalue weighted by atomic mass is 32.2. The number of thioether (sulfide) groups is 1. The van der Waals surface area contributed by atoms with Gasteiger partial charge in [-0.25, -0.2) is 0 Å². The second-order valence-corrected chi connectivity index (χ2v) is 7.78. The molecule has 0 saturated carbocycles. The Balaban J connectivity index is 1.61. The van der Waals surface area contributed by atoms with E-state index in [-0.39, 0.29) is 0 Å². The van der Waals surface area contributed by atoms with E-state index in [9.17, 15) is 0 Å². The van der Waals surface area contributed by atoms with E-state index in [0.717, 1.165) is 12.0 Å². The first-order valence-electron chi connectivity index (χ1n) is 8.91. The van der Waals surface area contributed by atoms with Crippen LogP contribution < -0.4 is 0 Å². The standard InChI is InChI=1S/C22H24OS/c1-15(18-9-5-7-17-6-3-4-8-19(17)18)12-16-10-11-20-21(13-16)23-14-22(20)24-2/h5,7,9-11,13-15H,3-4,6,8,12H2,1-2H3. The van der Waals surface area contributed by atoms with Gasteiger partial charge in [0.25, 0.3) is 0 Å². The average Bonchev–Trinajstić information content (AvgIpc) is 3.03. The molecule has 0 spiro atoms. The minimum Gasteiger partial charge on any atom is -0.463 e. The summed E-state index contributed by atoms with van der Waals surface area (Å²) in [4.78, 5) is 1.22. The minimum absolute atomic E-state index is 0.547. The molecular weight excluding hydrogens is 312 g/mol. The van der Waals surface area contributed by atoms with Gasteiger partial charge >= 0.3 is 0 Å². The van der Waals surface area contributed by atoms with E-state index in [1.807, 2.05) is 6.26 Å². The van der Waals surface area contributed by atoms with Crippen LogP contribution in [0.25, 0.3) is 11.0 Å². The van der Waals surface area contributed by atoms with Gasteiger partial charge in [-0.1, -0.05) is 31.2 Å². The normalized spacial score (nSPS) is 15.4. The summed E-state index contributed by atoms with van der Waals surface area (Å²) in [6.45, 7) is 2.36. The van der Waals surface area contributed by atoms with Crippen molar-refractivity contribution in [3.63, 3.8) is 0 Å². The molecule has 0 amide bonds. The van der Waals surface area contributed by atoms with Crippen molar-refractivity contribution in [1.82, 2.24) is 0 Å². The molecule has 24 heavy (non-hydrogen) atoms. The topological polar surface area (TPSA) is 13.1 Å². The molecule has 2 heteroatoms. The van der Waals surface area contributed by atoms with Crippen LogP contribution in [-0.2, 0) is 19.3 Å². The van der Waals surface area contributed by atoms with Crippen LogP contribution in [0, 0.1) is 0 Å². The van der Waals surface area contributed by atoms with Crippen molar-refractivity contribution in [2.45, 2.75) is 49.8 Å².